The van der Waals surface area contributed by atoms with Crippen molar-refractivity contribution in [2.45, 2.75) is 25.9 Å². The Labute approximate surface area is 102 Å². The zero-order valence-electron chi connectivity index (χ0n) is 10.3. The van der Waals surface area contributed by atoms with Crippen molar-refractivity contribution in [2.24, 2.45) is 5.92 Å². The summed E-state index contributed by atoms with van der Waals surface area (Å²) in [5.41, 5.74) is 0.920. The number of benzene rings is 1. The second-order valence-corrected chi connectivity index (χ2v) is 4.61. The van der Waals surface area contributed by atoms with E-state index >= 15 is 0 Å². The Morgan fingerprint density at radius 3 is 2.53 bits per heavy atom. The van der Waals surface area contributed by atoms with Crippen molar-refractivity contribution in [3.8, 4) is 5.75 Å². The lowest BCUT2D eigenvalue weighted by Gasteiger charge is -2.22. The van der Waals surface area contributed by atoms with Gasteiger partial charge in [0.25, 0.3) is 0 Å². The molecule has 0 saturated carbocycles. The molecule has 0 amide bonds. The quantitative estimate of drug-likeness (QED) is 0.873. The second-order valence-electron chi connectivity index (χ2n) is 4.61. The van der Waals surface area contributed by atoms with Gasteiger partial charge in [0.2, 0.25) is 0 Å². The van der Waals surface area contributed by atoms with Crippen LogP contribution in [0.25, 0.3) is 0 Å². The van der Waals surface area contributed by atoms with Crippen molar-refractivity contribution in [3.05, 3.63) is 29.8 Å². The Morgan fingerprint density at radius 2 is 1.94 bits per heavy atom. The predicted octanol–water partition coefficient (Wildman–Crippen LogP) is 2.55. The second kappa shape index (κ2) is 6.03. The molecular weight excluding hydrogens is 216 g/mol. The van der Waals surface area contributed by atoms with E-state index in [0.717, 1.165) is 44.0 Å². The summed E-state index contributed by atoms with van der Waals surface area (Å²) < 4.78 is 11.1. The van der Waals surface area contributed by atoms with Gasteiger partial charge in [-0.05, 0) is 43.4 Å². The minimum Gasteiger partial charge on any atom is -0.493 e. The van der Waals surface area contributed by atoms with E-state index in [0.29, 0.717) is 5.92 Å². The lowest BCUT2D eigenvalue weighted by Crippen LogP contribution is -2.21. The van der Waals surface area contributed by atoms with Gasteiger partial charge in [-0.2, -0.15) is 0 Å². The fourth-order valence-electron chi connectivity index (χ4n) is 1.97. The Hall–Kier alpha value is -1.06. The summed E-state index contributed by atoms with van der Waals surface area (Å²) in [7, 11) is 0. The smallest absolute Gasteiger partial charge is 0.119 e. The van der Waals surface area contributed by atoms with Crippen LogP contribution in [0.15, 0.2) is 24.3 Å². The highest BCUT2D eigenvalue weighted by molar-refractivity contribution is 5.28. The SMILES string of the molecule is C[C@H](O)c1ccc(OCC2CCOCC2)cc1. The minimum absolute atomic E-state index is 0.417. The molecule has 94 valence electrons. The number of rotatable bonds is 4. The fraction of sp³-hybridized carbons (Fsp3) is 0.571. The van der Waals surface area contributed by atoms with Gasteiger partial charge in [-0.1, -0.05) is 12.1 Å². The summed E-state index contributed by atoms with van der Waals surface area (Å²) >= 11 is 0. The molecular formula is C14H20O3. The highest BCUT2D eigenvalue weighted by atomic mass is 16.5. The predicted molar refractivity (Wildman–Crippen MR) is 66.1 cm³/mol. The molecule has 1 aromatic carbocycles. The van der Waals surface area contributed by atoms with Gasteiger partial charge < -0.3 is 14.6 Å². The third-order valence-corrected chi connectivity index (χ3v) is 3.19. The molecule has 0 aromatic heterocycles. The molecule has 1 atom stereocenters. The van der Waals surface area contributed by atoms with Crippen LogP contribution < -0.4 is 4.74 Å². The average Bonchev–Trinajstić information content (AvgIpc) is 2.38. The van der Waals surface area contributed by atoms with Gasteiger partial charge in [-0.3, -0.25) is 0 Å². The van der Waals surface area contributed by atoms with E-state index < -0.39 is 6.10 Å². The average molecular weight is 236 g/mol. The highest BCUT2D eigenvalue weighted by Gasteiger charge is 2.14. The summed E-state index contributed by atoms with van der Waals surface area (Å²) in [4.78, 5) is 0. The van der Waals surface area contributed by atoms with Crippen molar-refractivity contribution >= 4 is 0 Å². The van der Waals surface area contributed by atoms with Gasteiger partial charge in [0, 0.05) is 13.2 Å². The maximum atomic E-state index is 9.39. The summed E-state index contributed by atoms with van der Waals surface area (Å²) in [6, 6.07) is 7.65. The monoisotopic (exact) mass is 236 g/mol. The first-order valence-corrected chi connectivity index (χ1v) is 6.24. The Morgan fingerprint density at radius 1 is 1.29 bits per heavy atom. The molecule has 0 unspecified atom stereocenters. The summed E-state index contributed by atoms with van der Waals surface area (Å²) in [5, 5.41) is 9.39. The number of ether oxygens (including phenoxy) is 2. The molecule has 1 aromatic rings. The van der Waals surface area contributed by atoms with Crippen LogP contribution >= 0.6 is 0 Å². The third kappa shape index (κ3) is 3.72. The van der Waals surface area contributed by atoms with Crippen LogP contribution in [0.5, 0.6) is 5.75 Å². The van der Waals surface area contributed by atoms with E-state index in [9.17, 15) is 5.11 Å². The normalized spacial score (nSPS) is 18.9. The van der Waals surface area contributed by atoms with Crippen molar-refractivity contribution in [1.29, 1.82) is 0 Å². The lowest BCUT2D eigenvalue weighted by atomic mass is 10.0. The molecule has 17 heavy (non-hydrogen) atoms. The summed E-state index contributed by atoms with van der Waals surface area (Å²) in [6.07, 6.45) is 1.76. The third-order valence-electron chi connectivity index (χ3n) is 3.19. The van der Waals surface area contributed by atoms with Crippen LogP contribution in [0.3, 0.4) is 0 Å². The molecule has 2 rings (SSSR count). The fourth-order valence-corrected chi connectivity index (χ4v) is 1.97. The lowest BCUT2D eigenvalue weighted by molar-refractivity contribution is 0.0497. The van der Waals surface area contributed by atoms with Crippen LogP contribution in [0.1, 0.15) is 31.4 Å². The standard InChI is InChI=1S/C14H20O3/c1-11(15)13-2-4-14(5-3-13)17-10-12-6-8-16-9-7-12/h2-5,11-12,15H,6-10H2,1H3/t11-/m0/s1. The molecule has 1 saturated heterocycles. The first kappa shape index (κ1) is 12.4. The first-order chi connectivity index (χ1) is 8.25. The minimum atomic E-state index is -0.417. The van der Waals surface area contributed by atoms with Crippen LogP contribution in [0.2, 0.25) is 0 Å². The molecule has 3 heteroatoms. The van der Waals surface area contributed by atoms with E-state index in [1.54, 1.807) is 6.92 Å². The zero-order chi connectivity index (χ0) is 12.1. The molecule has 1 heterocycles. The van der Waals surface area contributed by atoms with E-state index in [1.165, 1.54) is 0 Å². The topological polar surface area (TPSA) is 38.7 Å². The number of aliphatic hydroxyl groups excluding tert-OH is 1. The molecule has 1 aliphatic rings. The number of aliphatic hydroxyl groups is 1. The number of hydrogen-bond acceptors (Lipinski definition) is 3. The Balaban J connectivity index is 1.82. The zero-order valence-corrected chi connectivity index (χ0v) is 10.3. The van der Waals surface area contributed by atoms with Gasteiger partial charge in [0.15, 0.2) is 0 Å². The molecule has 0 bridgehead atoms. The van der Waals surface area contributed by atoms with Gasteiger partial charge in [0.1, 0.15) is 5.75 Å². The molecule has 0 spiro atoms. The van der Waals surface area contributed by atoms with Gasteiger partial charge in [0.05, 0.1) is 12.7 Å². The molecule has 0 aliphatic carbocycles. The van der Waals surface area contributed by atoms with Crippen LogP contribution in [-0.2, 0) is 4.74 Å². The Bertz CT molecular complexity index is 326. The largest absolute Gasteiger partial charge is 0.493 e. The molecule has 1 aliphatic heterocycles. The molecule has 1 N–H and O–H groups in total. The van der Waals surface area contributed by atoms with E-state index in [2.05, 4.69) is 0 Å². The van der Waals surface area contributed by atoms with Crippen molar-refractivity contribution in [3.63, 3.8) is 0 Å². The molecule has 3 nitrogen and oxygen atoms in total. The van der Waals surface area contributed by atoms with E-state index in [1.807, 2.05) is 24.3 Å². The van der Waals surface area contributed by atoms with Crippen LogP contribution in [0.4, 0.5) is 0 Å². The maximum absolute atomic E-state index is 9.39. The van der Waals surface area contributed by atoms with Gasteiger partial charge in [-0.25, -0.2) is 0 Å². The van der Waals surface area contributed by atoms with Crippen molar-refractivity contribution in [2.75, 3.05) is 19.8 Å². The van der Waals surface area contributed by atoms with E-state index in [-0.39, 0.29) is 0 Å². The van der Waals surface area contributed by atoms with E-state index in [4.69, 9.17) is 9.47 Å². The number of hydrogen-bond donors (Lipinski definition) is 1. The summed E-state index contributed by atoms with van der Waals surface area (Å²) in [5.74, 6) is 1.49. The Kier molecular flexibility index (Phi) is 4.40. The maximum Gasteiger partial charge on any atom is 0.119 e. The van der Waals surface area contributed by atoms with Crippen molar-refractivity contribution in [1.82, 2.24) is 0 Å². The highest BCUT2D eigenvalue weighted by Crippen LogP contribution is 2.20. The summed E-state index contributed by atoms with van der Waals surface area (Å²) in [6.45, 7) is 4.24. The van der Waals surface area contributed by atoms with Crippen LogP contribution in [-0.4, -0.2) is 24.9 Å². The molecule has 0 radical (unpaired) electrons. The first-order valence-electron chi connectivity index (χ1n) is 6.24. The van der Waals surface area contributed by atoms with Gasteiger partial charge >= 0.3 is 0 Å². The van der Waals surface area contributed by atoms with Crippen molar-refractivity contribution < 1.29 is 14.6 Å². The molecule has 1 fully saturated rings. The van der Waals surface area contributed by atoms with Crippen LogP contribution in [0, 0.1) is 5.92 Å². The van der Waals surface area contributed by atoms with Gasteiger partial charge in [-0.15, -0.1) is 0 Å².